The second kappa shape index (κ2) is 5.01. The standard InChI is InChI=1S/C8H6F5O3P/c9-6-3-1-2-4-7(6)16-17(13,14)15-5-8(10,11)12/h1-4H,5H2. The van der Waals surface area contributed by atoms with E-state index >= 15 is 0 Å². The molecule has 0 radical (unpaired) electrons. The molecular weight excluding hydrogens is 270 g/mol. The van der Waals surface area contributed by atoms with Crippen LogP contribution < -0.4 is 4.52 Å². The van der Waals surface area contributed by atoms with E-state index in [1.807, 2.05) is 0 Å². The summed E-state index contributed by atoms with van der Waals surface area (Å²) in [7, 11) is -5.50. The number of benzene rings is 1. The predicted octanol–water partition coefficient (Wildman–Crippen LogP) is 3.86. The number of rotatable bonds is 4. The Morgan fingerprint density at radius 3 is 2.35 bits per heavy atom. The van der Waals surface area contributed by atoms with Crippen molar-refractivity contribution in [3.05, 3.63) is 30.1 Å². The van der Waals surface area contributed by atoms with E-state index in [-0.39, 0.29) is 0 Å². The van der Waals surface area contributed by atoms with E-state index in [1.165, 1.54) is 12.1 Å². The summed E-state index contributed by atoms with van der Waals surface area (Å²) in [5, 5.41) is 0. The van der Waals surface area contributed by atoms with Gasteiger partial charge in [0.2, 0.25) is 0 Å². The molecule has 1 atom stereocenters. The second-order valence-electron chi connectivity index (χ2n) is 2.84. The van der Waals surface area contributed by atoms with Gasteiger partial charge in [0.05, 0.1) is 0 Å². The molecule has 0 fully saturated rings. The highest BCUT2D eigenvalue weighted by atomic mass is 31.2. The van der Waals surface area contributed by atoms with Crippen molar-refractivity contribution >= 4 is 7.91 Å². The molecule has 0 aliphatic carbocycles. The van der Waals surface area contributed by atoms with E-state index in [4.69, 9.17) is 0 Å². The predicted molar refractivity (Wildman–Crippen MR) is 47.7 cm³/mol. The second-order valence-corrected chi connectivity index (χ2v) is 4.14. The minimum absolute atomic E-state index is 0.791. The molecule has 1 rings (SSSR count). The summed E-state index contributed by atoms with van der Waals surface area (Å²) >= 11 is 0. The van der Waals surface area contributed by atoms with Gasteiger partial charge in [0, 0.05) is 0 Å². The van der Waals surface area contributed by atoms with E-state index < -0.39 is 32.3 Å². The van der Waals surface area contributed by atoms with Gasteiger partial charge in [0.1, 0.15) is 0 Å². The van der Waals surface area contributed by atoms with Crippen molar-refractivity contribution in [3.8, 4) is 5.75 Å². The van der Waals surface area contributed by atoms with Crippen LogP contribution in [-0.2, 0) is 9.09 Å². The van der Waals surface area contributed by atoms with Gasteiger partial charge in [-0.2, -0.15) is 13.2 Å². The van der Waals surface area contributed by atoms with Crippen molar-refractivity contribution < 1.29 is 35.4 Å². The third kappa shape index (κ3) is 5.14. The fraction of sp³-hybridized carbons (Fsp3) is 0.250. The van der Waals surface area contributed by atoms with Crippen LogP contribution in [0, 0.1) is 5.82 Å². The maximum atomic E-state index is 12.9. The average Bonchev–Trinajstić information content (AvgIpc) is 2.18. The lowest BCUT2D eigenvalue weighted by Gasteiger charge is -2.12. The van der Waals surface area contributed by atoms with Gasteiger partial charge in [-0.15, -0.1) is 4.20 Å². The quantitative estimate of drug-likeness (QED) is 0.618. The first kappa shape index (κ1) is 13.9. The van der Waals surface area contributed by atoms with Crippen molar-refractivity contribution in [2.45, 2.75) is 6.18 Å². The lowest BCUT2D eigenvalue weighted by atomic mass is 10.3. The number of hydrogen-bond acceptors (Lipinski definition) is 3. The van der Waals surface area contributed by atoms with Crippen LogP contribution in [0.25, 0.3) is 0 Å². The molecule has 0 saturated heterocycles. The summed E-state index contributed by atoms with van der Waals surface area (Å²) < 4.78 is 79.0. The first-order chi connectivity index (χ1) is 7.70. The smallest absolute Gasteiger partial charge is 0.398 e. The van der Waals surface area contributed by atoms with Crippen LogP contribution in [0.5, 0.6) is 5.75 Å². The van der Waals surface area contributed by atoms with Crippen LogP contribution in [0.15, 0.2) is 24.3 Å². The molecule has 0 spiro atoms. The lowest BCUT2D eigenvalue weighted by molar-refractivity contribution is -0.155. The molecule has 0 aliphatic rings. The number of alkyl halides is 3. The van der Waals surface area contributed by atoms with Gasteiger partial charge in [0.25, 0.3) is 0 Å². The van der Waals surface area contributed by atoms with Gasteiger partial charge < -0.3 is 4.52 Å². The molecule has 17 heavy (non-hydrogen) atoms. The Morgan fingerprint density at radius 1 is 1.24 bits per heavy atom. The Morgan fingerprint density at radius 2 is 1.82 bits per heavy atom. The van der Waals surface area contributed by atoms with Crippen LogP contribution >= 0.6 is 7.91 Å². The third-order valence-electron chi connectivity index (χ3n) is 1.43. The fourth-order valence-electron chi connectivity index (χ4n) is 0.813. The zero-order valence-corrected chi connectivity index (χ0v) is 8.97. The molecule has 0 saturated carbocycles. The zero-order chi connectivity index (χ0) is 13.1. The summed E-state index contributed by atoms with van der Waals surface area (Å²) in [4.78, 5) is 0. The van der Waals surface area contributed by atoms with Gasteiger partial charge in [-0.25, -0.2) is 8.96 Å². The van der Waals surface area contributed by atoms with Crippen LogP contribution in [0.3, 0.4) is 0 Å². The average molecular weight is 276 g/mol. The summed E-state index contributed by atoms with van der Waals surface area (Å²) in [6.45, 7) is -2.09. The minimum Gasteiger partial charge on any atom is -0.398 e. The van der Waals surface area contributed by atoms with E-state index in [1.54, 1.807) is 0 Å². The molecular formula is C8H6F5O3P. The van der Waals surface area contributed by atoms with Gasteiger partial charge in [-0.3, -0.25) is 4.52 Å². The Balaban J connectivity index is 2.67. The van der Waals surface area contributed by atoms with Crippen molar-refractivity contribution in [2.75, 3.05) is 6.61 Å². The molecule has 0 aromatic heterocycles. The fourth-order valence-corrected chi connectivity index (χ4v) is 1.55. The molecule has 1 aromatic rings. The third-order valence-corrected chi connectivity index (χ3v) is 2.28. The Kier molecular flexibility index (Phi) is 4.11. The SMILES string of the molecule is O=P(F)(OCC(F)(F)F)Oc1ccccc1F. The molecule has 0 bridgehead atoms. The van der Waals surface area contributed by atoms with Crippen molar-refractivity contribution in [3.63, 3.8) is 0 Å². The highest BCUT2D eigenvalue weighted by molar-refractivity contribution is 7.48. The molecule has 0 aliphatic heterocycles. The van der Waals surface area contributed by atoms with E-state index in [2.05, 4.69) is 9.05 Å². The summed E-state index contributed by atoms with van der Waals surface area (Å²) in [5.41, 5.74) is 0. The van der Waals surface area contributed by atoms with Gasteiger partial charge in [-0.05, 0) is 12.1 Å². The topological polar surface area (TPSA) is 35.5 Å². The highest BCUT2D eigenvalue weighted by Gasteiger charge is 2.36. The van der Waals surface area contributed by atoms with Gasteiger partial charge in [-0.1, -0.05) is 12.1 Å². The van der Waals surface area contributed by atoms with Crippen molar-refractivity contribution in [2.24, 2.45) is 0 Å². The molecule has 3 nitrogen and oxygen atoms in total. The molecule has 0 heterocycles. The molecule has 0 N–H and O–H groups in total. The highest BCUT2D eigenvalue weighted by Crippen LogP contribution is 2.51. The van der Waals surface area contributed by atoms with Gasteiger partial charge in [0.15, 0.2) is 18.2 Å². The van der Waals surface area contributed by atoms with Crippen LogP contribution in [0.2, 0.25) is 0 Å². The zero-order valence-electron chi connectivity index (χ0n) is 8.08. The van der Waals surface area contributed by atoms with Crippen LogP contribution in [0.4, 0.5) is 21.8 Å². The van der Waals surface area contributed by atoms with Gasteiger partial charge >= 0.3 is 14.1 Å². The normalized spacial score (nSPS) is 15.4. The largest absolute Gasteiger partial charge is 0.570 e. The molecule has 1 aromatic carbocycles. The number of halogens is 5. The minimum atomic E-state index is -5.50. The molecule has 96 valence electrons. The lowest BCUT2D eigenvalue weighted by Crippen LogP contribution is -2.16. The van der Waals surface area contributed by atoms with E-state index in [0.717, 1.165) is 12.1 Å². The van der Waals surface area contributed by atoms with E-state index in [0.29, 0.717) is 0 Å². The molecule has 1 unspecified atom stereocenters. The molecule has 9 heteroatoms. The number of hydrogen-bond donors (Lipinski definition) is 0. The Labute approximate surface area is 92.8 Å². The first-order valence-electron chi connectivity index (χ1n) is 4.15. The van der Waals surface area contributed by atoms with Crippen molar-refractivity contribution in [1.29, 1.82) is 0 Å². The number of para-hydroxylation sites is 1. The summed E-state index contributed by atoms with van der Waals surface area (Å²) in [6, 6.07) is 4.22. The monoisotopic (exact) mass is 276 g/mol. The van der Waals surface area contributed by atoms with E-state index in [9.17, 15) is 26.3 Å². The summed E-state index contributed by atoms with van der Waals surface area (Å²) in [5.74, 6) is -1.86. The van der Waals surface area contributed by atoms with Crippen LogP contribution in [-0.4, -0.2) is 12.8 Å². The first-order valence-corrected chi connectivity index (χ1v) is 5.58. The maximum Gasteiger partial charge on any atom is 0.570 e. The van der Waals surface area contributed by atoms with Crippen LogP contribution in [0.1, 0.15) is 0 Å². The summed E-state index contributed by atoms with van der Waals surface area (Å²) in [6.07, 6.45) is -4.86. The molecule has 0 amide bonds. The Bertz CT molecular complexity index is 433. The Hall–Kier alpha value is -1.14. The van der Waals surface area contributed by atoms with Crippen molar-refractivity contribution in [1.82, 2.24) is 0 Å². The maximum absolute atomic E-state index is 12.9.